The van der Waals surface area contributed by atoms with Crippen LogP contribution in [-0.4, -0.2) is 66.8 Å². The van der Waals surface area contributed by atoms with Crippen LogP contribution in [0.25, 0.3) is 0 Å². The Bertz CT molecular complexity index is 896. The van der Waals surface area contributed by atoms with Crippen molar-refractivity contribution >= 4 is 5.91 Å². The minimum atomic E-state index is -0.525. The number of piperazine rings is 1. The molecule has 5 heteroatoms. The summed E-state index contributed by atoms with van der Waals surface area (Å²) in [7, 11) is 0. The third-order valence-corrected chi connectivity index (χ3v) is 6.30. The Morgan fingerprint density at radius 1 is 0.806 bits per heavy atom. The van der Waals surface area contributed by atoms with E-state index >= 15 is 0 Å². The summed E-state index contributed by atoms with van der Waals surface area (Å²) in [5.41, 5.74) is 2.56. The van der Waals surface area contributed by atoms with Crippen LogP contribution in [0.1, 0.15) is 17.2 Å². The Balaban J connectivity index is 1.25. The van der Waals surface area contributed by atoms with Crippen LogP contribution in [-0.2, 0) is 14.3 Å². The molecule has 0 unspecified atom stereocenters. The molecule has 31 heavy (non-hydrogen) atoms. The van der Waals surface area contributed by atoms with Gasteiger partial charge in [0, 0.05) is 26.2 Å². The summed E-state index contributed by atoms with van der Waals surface area (Å²) in [6, 6.07) is 21.4. The van der Waals surface area contributed by atoms with E-state index in [4.69, 9.17) is 9.47 Å². The first-order chi connectivity index (χ1) is 15.3. The molecular weight excluding hydrogens is 388 g/mol. The van der Waals surface area contributed by atoms with E-state index in [1.54, 1.807) is 0 Å². The van der Waals surface area contributed by atoms with Gasteiger partial charge in [-0.15, -0.1) is 0 Å². The maximum absolute atomic E-state index is 13.1. The lowest BCUT2D eigenvalue weighted by Gasteiger charge is -2.42. The molecule has 5 rings (SSSR count). The first kappa shape index (κ1) is 20.2. The van der Waals surface area contributed by atoms with Gasteiger partial charge in [0.2, 0.25) is 0 Å². The Hall–Kier alpha value is -2.73. The van der Waals surface area contributed by atoms with Gasteiger partial charge in [0.05, 0.1) is 12.6 Å². The summed E-state index contributed by atoms with van der Waals surface area (Å²) in [5.74, 6) is 0.0389. The average molecular weight is 417 g/mol. The Kier molecular flexibility index (Phi) is 5.98. The molecule has 3 aliphatic rings. The molecule has 1 amide bonds. The monoisotopic (exact) mass is 416 g/mol. The second-order valence-corrected chi connectivity index (χ2v) is 8.24. The topological polar surface area (TPSA) is 42.0 Å². The second-order valence-electron chi connectivity index (χ2n) is 8.24. The molecule has 2 aromatic rings. The summed E-state index contributed by atoms with van der Waals surface area (Å²) in [4.78, 5) is 17.5. The number of hydrogen-bond donors (Lipinski definition) is 0. The number of amides is 1. The number of fused-ring (bicyclic) bond motifs is 1. The number of rotatable bonds is 4. The van der Waals surface area contributed by atoms with Crippen LogP contribution in [0.4, 0.5) is 0 Å². The highest BCUT2D eigenvalue weighted by Gasteiger charge is 2.37. The number of ether oxygens (including phenoxy) is 2. The molecule has 5 nitrogen and oxygen atoms in total. The maximum Gasteiger partial charge on any atom is 0.254 e. The third-order valence-electron chi connectivity index (χ3n) is 6.30. The van der Waals surface area contributed by atoms with Gasteiger partial charge in [-0.3, -0.25) is 9.69 Å². The van der Waals surface area contributed by atoms with Crippen molar-refractivity contribution in [2.24, 2.45) is 0 Å². The zero-order valence-corrected chi connectivity index (χ0v) is 17.5. The van der Waals surface area contributed by atoms with E-state index in [-0.39, 0.29) is 24.2 Å². The molecule has 2 heterocycles. The van der Waals surface area contributed by atoms with Gasteiger partial charge in [-0.1, -0.05) is 85.0 Å². The van der Waals surface area contributed by atoms with Gasteiger partial charge in [0.25, 0.3) is 5.91 Å². The van der Waals surface area contributed by atoms with Crippen molar-refractivity contribution in [1.82, 2.24) is 9.80 Å². The number of hydrogen-bond acceptors (Lipinski definition) is 4. The lowest BCUT2D eigenvalue weighted by molar-refractivity contribution is -0.177. The molecule has 0 N–H and O–H groups in total. The molecule has 0 bridgehead atoms. The van der Waals surface area contributed by atoms with E-state index in [9.17, 15) is 4.79 Å². The lowest BCUT2D eigenvalue weighted by atomic mass is 9.96. The van der Waals surface area contributed by atoms with Crippen LogP contribution in [0.5, 0.6) is 0 Å². The highest BCUT2D eigenvalue weighted by molar-refractivity contribution is 5.81. The molecule has 2 saturated heterocycles. The van der Waals surface area contributed by atoms with Gasteiger partial charge in [-0.25, -0.2) is 0 Å². The zero-order valence-electron chi connectivity index (χ0n) is 17.5. The van der Waals surface area contributed by atoms with E-state index in [1.165, 1.54) is 11.1 Å². The van der Waals surface area contributed by atoms with E-state index in [2.05, 4.69) is 65.6 Å². The molecule has 2 aromatic carbocycles. The fourth-order valence-electron chi connectivity index (χ4n) is 4.69. The van der Waals surface area contributed by atoms with Gasteiger partial charge in [-0.05, 0) is 11.1 Å². The summed E-state index contributed by atoms with van der Waals surface area (Å²) in [6.07, 6.45) is 7.08. The average Bonchev–Trinajstić information content (AvgIpc) is 2.85. The molecule has 3 atom stereocenters. The predicted octanol–water partition coefficient (Wildman–Crippen LogP) is 3.20. The van der Waals surface area contributed by atoms with Crippen molar-refractivity contribution in [3.63, 3.8) is 0 Å². The number of carbonyl (C=O) groups excluding carboxylic acids is 1. The molecule has 2 fully saturated rings. The Morgan fingerprint density at radius 2 is 1.39 bits per heavy atom. The minimum absolute atomic E-state index is 0.0389. The van der Waals surface area contributed by atoms with Crippen molar-refractivity contribution in [2.45, 2.75) is 24.4 Å². The van der Waals surface area contributed by atoms with Crippen LogP contribution < -0.4 is 0 Å². The number of benzene rings is 2. The van der Waals surface area contributed by atoms with E-state index in [0.717, 1.165) is 13.1 Å². The van der Waals surface area contributed by atoms with Crippen molar-refractivity contribution in [3.05, 3.63) is 96.1 Å². The fourth-order valence-corrected chi connectivity index (χ4v) is 4.69. The SMILES string of the molecule is O=C([C@@H]1CO[C@@H]2C=CC=C[C@H]2O1)N1CCN(C(c2ccccc2)c2ccccc2)CC1. The van der Waals surface area contributed by atoms with E-state index < -0.39 is 6.10 Å². The van der Waals surface area contributed by atoms with Crippen LogP contribution >= 0.6 is 0 Å². The van der Waals surface area contributed by atoms with Gasteiger partial charge < -0.3 is 14.4 Å². The quantitative estimate of drug-likeness (QED) is 0.768. The predicted molar refractivity (Wildman–Crippen MR) is 120 cm³/mol. The minimum Gasteiger partial charge on any atom is -0.368 e. The largest absolute Gasteiger partial charge is 0.368 e. The Labute approximate surface area is 183 Å². The zero-order chi connectivity index (χ0) is 21.0. The summed E-state index contributed by atoms with van der Waals surface area (Å²) in [6.45, 7) is 3.34. The van der Waals surface area contributed by atoms with Gasteiger partial charge >= 0.3 is 0 Å². The van der Waals surface area contributed by atoms with Crippen LogP contribution in [0, 0.1) is 0 Å². The second kappa shape index (κ2) is 9.18. The van der Waals surface area contributed by atoms with Crippen molar-refractivity contribution in [3.8, 4) is 0 Å². The standard InChI is InChI=1S/C26H28N2O3/c29-26(24-19-30-22-13-7-8-14-23(22)31-24)28-17-15-27(16-18-28)25(20-9-3-1-4-10-20)21-11-5-2-6-12-21/h1-14,22-25H,15-19H2/t22-,23-,24+/m1/s1. The third kappa shape index (κ3) is 4.35. The highest BCUT2D eigenvalue weighted by atomic mass is 16.6. The van der Waals surface area contributed by atoms with Gasteiger partial charge in [0.1, 0.15) is 12.2 Å². The molecule has 0 radical (unpaired) electrons. The van der Waals surface area contributed by atoms with E-state index in [1.807, 2.05) is 29.2 Å². The molecule has 0 aromatic heterocycles. The first-order valence-corrected chi connectivity index (χ1v) is 11.0. The van der Waals surface area contributed by atoms with Crippen LogP contribution in [0.2, 0.25) is 0 Å². The molecule has 2 aliphatic heterocycles. The molecular formula is C26H28N2O3. The van der Waals surface area contributed by atoms with Crippen molar-refractivity contribution in [2.75, 3.05) is 32.8 Å². The number of nitrogens with zero attached hydrogens (tertiary/aromatic N) is 2. The summed E-state index contributed by atoms with van der Waals surface area (Å²) >= 11 is 0. The van der Waals surface area contributed by atoms with Crippen molar-refractivity contribution < 1.29 is 14.3 Å². The summed E-state index contributed by atoms with van der Waals surface area (Å²) in [5, 5.41) is 0. The van der Waals surface area contributed by atoms with Crippen LogP contribution in [0.15, 0.2) is 85.0 Å². The van der Waals surface area contributed by atoms with E-state index in [0.29, 0.717) is 19.7 Å². The smallest absolute Gasteiger partial charge is 0.254 e. The molecule has 0 saturated carbocycles. The highest BCUT2D eigenvalue weighted by Crippen LogP contribution is 2.30. The lowest BCUT2D eigenvalue weighted by Crippen LogP contribution is -2.55. The first-order valence-electron chi connectivity index (χ1n) is 11.0. The summed E-state index contributed by atoms with van der Waals surface area (Å²) < 4.78 is 11.9. The van der Waals surface area contributed by atoms with Gasteiger partial charge in [-0.2, -0.15) is 0 Å². The van der Waals surface area contributed by atoms with Crippen LogP contribution in [0.3, 0.4) is 0 Å². The van der Waals surface area contributed by atoms with Crippen molar-refractivity contribution in [1.29, 1.82) is 0 Å². The maximum atomic E-state index is 13.1. The van der Waals surface area contributed by atoms with Gasteiger partial charge in [0.15, 0.2) is 6.10 Å². The molecule has 160 valence electrons. The normalized spacial score (nSPS) is 26.1. The number of carbonyl (C=O) groups is 1. The fraction of sp³-hybridized carbons (Fsp3) is 0.346. The Morgan fingerprint density at radius 3 is 2.00 bits per heavy atom. The number of allylic oxidation sites excluding steroid dienone is 2. The molecule has 0 spiro atoms. The molecule has 1 aliphatic carbocycles.